The van der Waals surface area contributed by atoms with E-state index in [4.69, 9.17) is 0 Å². The number of aromatic nitrogens is 2. The Balaban J connectivity index is 2.39. The van der Waals surface area contributed by atoms with Gasteiger partial charge >= 0.3 is 0 Å². The average molecular weight is 162 g/mol. The van der Waals surface area contributed by atoms with Crippen LogP contribution in [0.3, 0.4) is 0 Å². The topological polar surface area (TPSA) is 25.8 Å². The minimum Gasteiger partial charge on any atom is -0.245 e. The number of hydrogen-bond donors (Lipinski definition) is 0. The van der Waals surface area contributed by atoms with Gasteiger partial charge in [0, 0.05) is 11.9 Å². The summed E-state index contributed by atoms with van der Waals surface area (Å²) in [6.45, 7) is 2.26. The average Bonchev–Trinajstić information content (AvgIpc) is 2.29. The van der Waals surface area contributed by atoms with E-state index in [0.29, 0.717) is 5.92 Å². The normalized spacial score (nSPS) is 22.9. The fraction of sp³-hybridized carbons (Fsp3) is 0.600. The predicted molar refractivity (Wildman–Crippen MR) is 48.0 cm³/mol. The molecule has 0 spiro atoms. The van der Waals surface area contributed by atoms with Crippen LogP contribution in [0.5, 0.6) is 0 Å². The van der Waals surface area contributed by atoms with Gasteiger partial charge in [-0.05, 0) is 30.7 Å². The molecule has 0 fully saturated rings. The largest absolute Gasteiger partial charge is 0.245 e. The summed E-state index contributed by atoms with van der Waals surface area (Å²) in [6, 6.07) is 0. The molecule has 2 rings (SSSR count). The summed E-state index contributed by atoms with van der Waals surface area (Å²) in [5.74, 6) is 0.630. The van der Waals surface area contributed by atoms with Crippen molar-refractivity contribution in [2.24, 2.45) is 0 Å². The summed E-state index contributed by atoms with van der Waals surface area (Å²) in [5.41, 5.74) is 2.64. The first-order chi connectivity index (χ1) is 5.88. The molecule has 0 N–H and O–H groups in total. The highest BCUT2D eigenvalue weighted by molar-refractivity contribution is 5.20. The second-order valence-electron chi connectivity index (χ2n) is 3.58. The van der Waals surface area contributed by atoms with E-state index in [0.717, 1.165) is 0 Å². The van der Waals surface area contributed by atoms with E-state index >= 15 is 0 Å². The third kappa shape index (κ3) is 1.33. The zero-order valence-electron chi connectivity index (χ0n) is 7.45. The van der Waals surface area contributed by atoms with Gasteiger partial charge in [0.15, 0.2) is 0 Å². The Kier molecular flexibility index (Phi) is 2.07. The SMILES string of the molecule is CC1CCCCc2cncnc21. The van der Waals surface area contributed by atoms with Crippen molar-refractivity contribution in [2.45, 2.75) is 38.5 Å². The number of aryl methyl sites for hydroxylation is 1. The molecular weight excluding hydrogens is 148 g/mol. The number of rotatable bonds is 0. The Morgan fingerprint density at radius 3 is 3.25 bits per heavy atom. The third-order valence-corrected chi connectivity index (χ3v) is 2.62. The lowest BCUT2D eigenvalue weighted by Gasteiger charge is -2.08. The molecule has 0 saturated heterocycles. The molecule has 0 saturated carbocycles. The maximum Gasteiger partial charge on any atom is 0.115 e. The van der Waals surface area contributed by atoms with Crippen LogP contribution in [0.15, 0.2) is 12.5 Å². The van der Waals surface area contributed by atoms with Gasteiger partial charge in [-0.2, -0.15) is 0 Å². The summed E-state index contributed by atoms with van der Waals surface area (Å²) in [4.78, 5) is 8.41. The first kappa shape index (κ1) is 7.71. The second kappa shape index (κ2) is 3.21. The highest BCUT2D eigenvalue weighted by atomic mass is 14.8. The molecule has 0 amide bonds. The number of nitrogens with zero attached hydrogens (tertiary/aromatic N) is 2. The second-order valence-corrected chi connectivity index (χ2v) is 3.58. The van der Waals surface area contributed by atoms with Crippen LogP contribution in [-0.4, -0.2) is 9.97 Å². The summed E-state index contributed by atoms with van der Waals surface area (Å²) >= 11 is 0. The van der Waals surface area contributed by atoms with E-state index in [1.165, 1.54) is 36.9 Å². The minimum atomic E-state index is 0.630. The summed E-state index contributed by atoms with van der Waals surface area (Å²) < 4.78 is 0. The van der Waals surface area contributed by atoms with Gasteiger partial charge in [0.25, 0.3) is 0 Å². The van der Waals surface area contributed by atoms with Gasteiger partial charge in [0.05, 0.1) is 0 Å². The molecule has 64 valence electrons. The Hall–Kier alpha value is -0.920. The van der Waals surface area contributed by atoms with Crippen LogP contribution in [0, 0.1) is 0 Å². The Morgan fingerprint density at radius 2 is 2.33 bits per heavy atom. The van der Waals surface area contributed by atoms with Crippen LogP contribution < -0.4 is 0 Å². The summed E-state index contributed by atoms with van der Waals surface area (Å²) in [6.07, 6.45) is 8.72. The minimum absolute atomic E-state index is 0.630. The Morgan fingerprint density at radius 1 is 1.42 bits per heavy atom. The quantitative estimate of drug-likeness (QED) is 0.547. The van der Waals surface area contributed by atoms with Crippen molar-refractivity contribution in [1.82, 2.24) is 9.97 Å². The van der Waals surface area contributed by atoms with Gasteiger partial charge in [-0.15, -0.1) is 0 Å². The van der Waals surface area contributed by atoms with E-state index < -0.39 is 0 Å². The Labute approximate surface area is 73.1 Å². The molecule has 1 aliphatic rings. The van der Waals surface area contributed by atoms with Gasteiger partial charge < -0.3 is 0 Å². The lowest BCUT2D eigenvalue weighted by atomic mass is 10.0. The van der Waals surface area contributed by atoms with Crippen molar-refractivity contribution in [3.05, 3.63) is 23.8 Å². The van der Waals surface area contributed by atoms with Crippen LogP contribution in [-0.2, 0) is 6.42 Å². The first-order valence-electron chi connectivity index (χ1n) is 4.66. The first-order valence-corrected chi connectivity index (χ1v) is 4.66. The van der Waals surface area contributed by atoms with Crippen molar-refractivity contribution in [3.8, 4) is 0 Å². The van der Waals surface area contributed by atoms with Gasteiger partial charge in [0.2, 0.25) is 0 Å². The fourth-order valence-electron chi connectivity index (χ4n) is 1.91. The fourth-order valence-corrected chi connectivity index (χ4v) is 1.91. The zero-order chi connectivity index (χ0) is 8.39. The van der Waals surface area contributed by atoms with E-state index in [2.05, 4.69) is 16.9 Å². The predicted octanol–water partition coefficient (Wildman–Crippen LogP) is 2.31. The molecule has 2 heteroatoms. The highest BCUT2D eigenvalue weighted by Crippen LogP contribution is 2.27. The molecule has 2 nitrogen and oxygen atoms in total. The number of hydrogen-bond acceptors (Lipinski definition) is 2. The van der Waals surface area contributed by atoms with E-state index in [-0.39, 0.29) is 0 Å². The van der Waals surface area contributed by atoms with Crippen LogP contribution in [0.25, 0.3) is 0 Å². The van der Waals surface area contributed by atoms with E-state index in [9.17, 15) is 0 Å². The molecule has 1 aliphatic carbocycles. The molecule has 0 aromatic carbocycles. The van der Waals surface area contributed by atoms with Crippen molar-refractivity contribution in [3.63, 3.8) is 0 Å². The molecule has 0 radical (unpaired) electrons. The molecule has 0 aliphatic heterocycles. The van der Waals surface area contributed by atoms with Gasteiger partial charge in [-0.25, -0.2) is 9.97 Å². The highest BCUT2D eigenvalue weighted by Gasteiger charge is 2.15. The van der Waals surface area contributed by atoms with Crippen LogP contribution in [0.1, 0.15) is 43.4 Å². The van der Waals surface area contributed by atoms with E-state index in [1.807, 2.05) is 6.20 Å². The summed E-state index contributed by atoms with van der Waals surface area (Å²) in [5, 5.41) is 0. The zero-order valence-corrected chi connectivity index (χ0v) is 7.45. The molecule has 1 heterocycles. The summed E-state index contributed by atoms with van der Waals surface area (Å²) in [7, 11) is 0. The van der Waals surface area contributed by atoms with Crippen molar-refractivity contribution in [2.75, 3.05) is 0 Å². The maximum absolute atomic E-state index is 4.35. The van der Waals surface area contributed by atoms with E-state index in [1.54, 1.807) is 6.33 Å². The molecule has 1 atom stereocenters. The Bertz CT molecular complexity index is 270. The van der Waals surface area contributed by atoms with Gasteiger partial charge in [0.1, 0.15) is 6.33 Å². The molecule has 12 heavy (non-hydrogen) atoms. The van der Waals surface area contributed by atoms with Crippen LogP contribution in [0.2, 0.25) is 0 Å². The third-order valence-electron chi connectivity index (χ3n) is 2.62. The van der Waals surface area contributed by atoms with Crippen LogP contribution in [0.4, 0.5) is 0 Å². The van der Waals surface area contributed by atoms with Crippen molar-refractivity contribution < 1.29 is 0 Å². The number of fused-ring (bicyclic) bond motifs is 1. The molecule has 1 unspecified atom stereocenters. The van der Waals surface area contributed by atoms with Gasteiger partial charge in [-0.1, -0.05) is 13.3 Å². The van der Waals surface area contributed by atoms with Crippen LogP contribution >= 0.6 is 0 Å². The lowest BCUT2D eigenvalue weighted by molar-refractivity contribution is 0.625. The molecule has 1 aromatic rings. The van der Waals surface area contributed by atoms with Gasteiger partial charge in [-0.3, -0.25) is 0 Å². The van der Waals surface area contributed by atoms with Crippen molar-refractivity contribution in [1.29, 1.82) is 0 Å². The molecule has 1 aromatic heterocycles. The smallest absolute Gasteiger partial charge is 0.115 e. The lowest BCUT2D eigenvalue weighted by Crippen LogP contribution is -1.99. The monoisotopic (exact) mass is 162 g/mol. The standard InChI is InChI=1S/C10H14N2/c1-8-4-2-3-5-9-6-11-7-12-10(8)9/h6-8H,2-5H2,1H3. The van der Waals surface area contributed by atoms with Crippen molar-refractivity contribution >= 4 is 0 Å². The molecular formula is C10H14N2. The maximum atomic E-state index is 4.35. The molecule has 0 bridgehead atoms.